The summed E-state index contributed by atoms with van der Waals surface area (Å²) in [7, 11) is 0. The topological polar surface area (TPSA) is 140 Å². The number of nitrogens with zero attached hydrogens (tertiary/aromatic N) is 3. The van der Waals surface area contributed by atoms with Crippen molar-refractivity contribution in [3.8, 4) is 11.4 Å². The number of benzene rings is 1. The van der Waals surface area contributed by atoms with Crippen LogP contribution in [0.5, 0.6) is 0 Å². The summed E-state index contributed by atoms with van der Waals surface area (Å²) in [6, 6.07) is 7.89. The molecule has 3 aromatic rings. The van der Waals surface area contributed by atoms with E-state index in [-0.39, 0.29) is 48.9 Å². The van der Waals surface area contributed by atoms with E-state index >= 15 is 0 Å². The van der Waals surface area contributed by atoms with Gasteiger partial charge >= 0.3 is 12.1 Å². The number of esters is 1. The van der Waals surface area contributed by atoms with Gasteiger partial charge in [0.15, 0.2) is 0 Å². The van der Waals surface area contributed by atoms with Crippen LogP contribution >= 0.6 is 0 Å². The number of hydrogen-bond acceptors (Lipinski definition) is 9. The Morgan fingerprint density at radius 3 is 2.78 bits per heavy atom. The van der Waals surface area contributed by atoms with Gasteiger partial charge in [-0.15, -0.1) is 0 Å². The molecule has 0 radical (unpaired) electrons. The number of aromatic nitrogens is 2. The molecule has 0 saturated heterocycles. The standard InChI is InChI=1S/C25H23N3O8/c1-4-25(36-24(31)35-11-13(2)3)17-9-20-21-14(10-27(20)22(29)16(17)12-34-23(25)30)8-15-18(26-21)6-5-7-19(15)28(32)33/h5-9,13H,4,10-12H2,1-3H3. The Balaban J connectivity index is 1.67. The first-order valence-corrected chi connectivity index (χ1v) is 11.5. The van der Waals surface area contributed by atoms with Crippen molar-refractivity contribution in [2.75, 3.05) is 6.61 Å². The zero-order chi connectivity index (χ0) is 25.8. The number of nitro benzene ring substituents is 1. The molecule has 1 unspecified atom stereocenters. The lowest BCUT2D eigenvalue weighted by atomic mass is 9.85. The number of fused-ring (bicyclic) bond motifs is 5. The Labute approximate surface area is 204 Å². The maximum atomic E-state index is 13.5. The average Bonchev–Trinajstić information content (AvgIpc) is 3.20. The van der Waals surface area contributed by atoms with Gasteiger partial charge in [-0.3, -0.25) is 14.9 Å². The third-order valence-electron chi connectivity index (χ3n) is 6.49. The maximum absolute atomic E-state index is 13.5. The summed E-state index contributed by atoms with van der Waals surface area (Å²) in [6.07, 6.45) is -1.02. The van der Waals surface area contributed by atoms with E-state index in [0.717, 1.165) is 0 Å². The second kappa shape index (κ2) is 8.43. The Hall–Kier alpha value is -4.28. The van der Waals surface area contributed by atoms with Gasteiger partial charge in [-0.05, 0) is 30.5 Å². The zero-order valence-corrected chi connectivity index (χ0v) is 19.9. The van der Waals surface area contributed by atoms with Crippen molar-refractivity contribution >= 4 is 28.7 Å². The predicted octanol–water partition coefficient (Wildman–Crippen LogP) is 3.80. The van der Waals surface area contributed by atoms with E-state index in [1.807, 2.05) is 13.8 Å². The van der Waals surface area contributed by atoms with Gasteiger partial charge in [-0.1, -0.05) is 26.8 Å². The maximum Gasteiger partial charge on any atom is 0.509 e. The molecular formula is C25H23N3O8. The van der Waals surface area contributed by atoms with Crippen molar-refractivity contribution < 1.29 is 28.7 Å². The third-order valence-corrected chi connectivity index (χ3v) is 6.49. The van der Waals surface area contributed by atoms with Crippen LogP contribution in [0.15, 0.2) is 35.1 Å². The smallest absolute Gasteiger partial charge is 0.457 e. The first-order chi connectivity index (χ1) is 17.2. The minimum Gasteiger partial charge on any atom is -0.457 e. The highest BCUT2D eigenvalue weighted by Gasteiger charge is 2.51. The highest BCUT2D eigenvalue weighted by molar-refractivity contribution is 5.91. The third kappa shape index (κ3) is 3.50. The Kier molecular flexibility index (Phi) is 5.50. The summed E-state index contributed by atoms with van der Waals surface area (Å²) in [5.74, 6) is -0.731. The van der Waals surface area contributed by atoms with Crippen molar-refractivity contribution in [3.63, 3.8) is 0 Å². The fourth-order valence-electron chi connectivity index (χ4n) is 4.71. The average molecular weight is 493 g/mol. The van der Waals surface area contributed by atoms with Gasteiger partial charge in [0.05, 0.1) is 45.9 Å². The predicted molar refractivity (Wildman–Crippen MR) is 126 cm³/mol. The molecule has 0 aliphatic carbocycles. The quantitative estimate of drug-likeness (QED) is 0.231. The van der Waals surface area contributed by atoms with Crippen LogP contribution in [0.4, 0.5) is 10.5 Å². The first-order valence-electron chi connectivity index (χ1n) is 11.5. The minimum atomic E-state index is -1.85. The number of rotatable bonds is 5. The molecule has 5 rings (SSSR count). The SMILES string of the molecule is CCC1(OC(=O)OCC(C)C)C(=O)OCc2c1cc1n(c2=O)Cc2cc3c([N+](=O)[O-])cccc3nc2-1. The van der Waals surface area contributed by atoms with Gasteiger partial charge in [-0.2, -0.15) is 0 Å². The summed E-state index contributed by atoms with van der Waals surface area (Å²) < 4.78 is 17.5. The highest BCUT2D eigenvalue weighted by atomic mass is 16.7. The summed E-state index contributed by atoms with van der Waals surface area (Å²) in [5.41, 5.74) is -0.00390. The Morgan fingerprint density at radius 2 is 2.08 bits per heavy atom. The molecule has 0 spiro atoms. The molecule has 11 nitrogen and oxygen atoms in total. The number of non-ortho nitro benzene ring substituents is 1. The second-order valence-electron chi connectivity index (χ2n) is 9.22. The van der Waals surface area contributed by atoms with Gasteiger partial charge in [0.1, 0.15) is 6.61 Å². The summed E-state index contributed by atoms with van der Waals surface area (Å²) in [5, 5.41) is 11.9. The molecule has 0 saturated carbocycles. The number of ether oxygens (including phenoxy) is 3. The fourth-order valence-corrected chi connectivity index (χ4v) is 4.71. The van der Waals surface area contributed by atoms with Crippen molar-refractivity contribution in [3.05, 3.63) is 67.5 Å². The first kappa shape index (κ1) is 23.5. The van der Waals surface area contributed by atoms with E-state index in [9.17, 15) is 24.5 Å². The molecule has 11 heteroatoms. The number of cyclic esters (lactones) is 1. The summed E-state index contributed by atoms with van der Waals surface area (Å²) >= 11 is 0. The van der Waals surface area contributed by atoms with Crippen LogP contribution < -0.4 is 5.56 Å². The van der Waals surface area contributed by atoms with Crippen LogP contribution in [0.3, 0.4) is 0 Å². The van der Waals surface area contributed by atoms with Gasteiger partial charge in [0.2, 0.25) is 5.60 Å². The molecule has 0 amide bonds. The molecule has 186 valence electrons. The lowest BCUT2D eigenvalue weighted by Crippen LogP contribution is -2.47. The number of carbonyl (C=O) groups excluding carboxylic acids is 2. The largest absolute Gasteiger partial charge is 0.509 e. The van der Waals surface area contributed by atoms with E-state index in [2.05, 4.69) is 4.98 Å². The van der Waals surface area contributed by atoms with E-state index in [1.54, 1.807) is 31.2 Å². The Bertz CT molecular complexity index is 1510. The number of hydrogen-bond donors (Lipinski definition) is 0. The normalized spacial score (nSPS) is 17.8. The fraction of sp³-hybridized carbons (Fsp3) is 0.360. The highest BCUT2D eigenvalue weighted by Crippen LogP contribution is 2.41. The number of nitro groups is 1. The van der Waals surface area contributed by atoms with Gasteiger partial charge in [0.25, 0.3) is 11.2 Å². The van der Waals surface area contributed by atoms with Crippen LogP contribution in [0.2, 0.25) is 0 Å². The van der Waals surface area contributed by atoms with E-state index in [1.165, 1.54) is 10.6 Å². The minimum absolute atomic E-state index is 0.0166. The molecular weight excluding hydrogens is 470 g/mol. The van der Waals surface area contributed by atoms with Crippen molar-refractivity contribution in [1.82, 2.24) is 9.55 Å². The molecule has 0 fully saturated rings. The molecule has 0 bridgehead atoms. The van der Waals surface area contributed by atoms with Crippen LogP contribution in [0.25, 0.3) is 22.3 Å². The van der Waals surface area contributed by atoms with Crippen molar-refractivity contribution in [2.24, 2.45) is 5.92 Å². The second-order valence-corrected chi connectivity index (χ2v) is 9.22. The number of pyridine rings is 2. The van der Waals surface area contributed by atoms with Crippen molar-refractivity contribution in [2.45, 2.75) is 45.9 Å². The summed E-state index contributed by atoms with van der Waals surface area (Å²) in [6.45, 7) is 5.35. The molecule has 2 aliphatic heterocycles. The molecule has 0 N–H and O–H groups in total. The van der Waals surface area contributed by atoms with Gasteiger partial charge < -0.3 is 18.8 Å². The van der Waals surface area contributed by atoms with Crippen molar-refractivity contribution in [1.29, 1.82) is 0 Å². The number of carbonyl (C=O) groups is 2. The van der Waals surface area contributed by atoms with E-state index < -0.39 is 28.2 Å². The summed E-state index contributed by atoms with van der Waals surface area (Å²) in [4.78, 5) is 54.6. The molecule has 2 aromatic heterocycles. The van der Waals surface area contributed by atoms with Crippen LogP contribution in [0.1, 0.15) is 43.9 Å². The molecule has 36 heavy (non-hydrogen) atoms. The molecule has 1 atom stereocenters. The lowest BCUT2D eigenvalue weighted by Gasteiger charge is -2.35. The van der Waals surface area contributed by atoms with Crippen LogP contribution in [0, 0.1) is 16.0 Å². The zero-order valence-electron chi connectivity index (χ0n) is 19.9. The van der Waals surface area contributed by atoms with Gasteiger partial charge in [-0.25, -0.2) is 14.6 Å². The van der Waals surface area contributed by atoms with E-state index in [4.69, 9.17) is 14.2 Å². The molecule has 2 aliphatic rings. The Morgan fingerprint density at radius 1 is 1.31 bits per heavy atom. The van der Waals surface area contributed by atoms with E-state index in [0.29, 0.717) is 27.9 Å². The van der Waals surface area contributed by atoms with Crippen LogP contribution in [-0.2, 0) is 37.8 Å². The molecule has 4 heterocycles. The lowest BCUT2D eigenvalue weighted by molar-refractivity contribution is -0.383. The van der Waals surface area contributed by atoms with Gasteiger partial charge in [0, 0.05) is 17.2 Å². The monoisotopic (exact) mass is 493 g/mol. The molecule has 1 aromatic carbocycles. The van der Waals surface area contributed by atoms with Crippen LogP contribution in [-0.4, -0.2) is 33.2 Å².